The average Bonchev–Trinajstić information content (AvgIpc) is 3.19. The lowest BCUT2D eigenvalue weighted by Gasteiger charge is -2.17. The van der Waals surface area contributed by atoms with Crippen LogP contribution >= 0.6 is 35.0 Å². The molecule has 3 rings (SSSR count). The smallest absolute Gasteiger partial charge is 0.308 e. The van der Waals surface area contributed by atoms with Crippen molar-refractivity contribution >= 4 is 46.9 Å². The maximum Gasteiger partial charge on any atom is 0.308 e. The monoisotopic (exact) mass is 499 g/mol. The van der Waals surface area contributed by atoms with Crippen molar-refractivity contribution in [3.8, 4) is 5.88 Å². The van der Waals surface area contributed by atoms with E-state index in [1.807, 2.05) is 0 Å². The van der Waals surface area contributed by atoms with Crippen LogP contribution < -0.4 is 4.74 Å². The van der Waals surface area contributed by atoms with Gasteiger partial charge in [0.15, 0.2) is 5.16 Å². The quantitative estimate of drug-likeness (QED) is 0.152. The van der Waals surface area contributed by atoms with Gasteiger partial charge in [-0.1, -0.05) is 35.0 Å². The van der Waals surface area contributed by atoms with Crippen molar-refractivity contribution in [2.24, 2.45) is 0 Å². The minimum absolute atomic E-state index is 0.0305. The van der Waals surface area contributed by atoms with E-state index in [4.69, 9.17) is 37.8 Å². The molecule has 11 heteroatoms. The molecule has 1 aliphatic carbocycles. The number of pyridine rings is 1. The lowest BCUT2D eigenvalue weighted by Crippen LogP contribution is -2.22. The first-order valence-electron chi connectivity index (χ1n) is 10.2. The van der Waals surface area contributed by atoms with Crippen molar-refractivity contribution in [2.75, 3.05) is 0 Å². The van der Waals surface area contributed by atoms with Gasteiger partial charge in [0.25, 0.3) is 0 Å². The summed E-state index contributed by atoms with van der Waals surface area (Å²) in [6, 6.07) is 0. The van der Waals surface area contributed by atoms with Gasteiger partial charge in [-0.3, -0.25) is 14.6 Å². The van der Waals surface area contributed by atoms with E-state index in [0.717, 1.165) is 36.1 Å². The molecule has 1 aliphatic rings. The molecular weight excluding hydrogens is 477 g/mol. The number of hydrogen-bond acceptors (Lipinski definition) is 8. The summed E-state index contributed by atoms with van der Waals surface area (Å²) in [6.07, 6.45) is 5.87. The van der Waals surface area contributed by atoms with Gasteiger partial charge in [-0.05, 0) is 32.1 Å². The van der Waals surface area contributed by atoms with Crippen LogP contribution in [0.5, 0.6) is 5.88 Å². The van der Waals surface area contributed by atoms with Crippen LogP contribution in [-0.4, -0.2) is 38.3 Å². The topological polar surface area (TPSA) is 112 Å². The van der Waals surface area contributed by atoms with E-state index in [0.29, 0.717) is 39.7 Å². The maximum absolute atomic E-state index is 12.0. The van der Waals surface area contributed by atoms with Gasteiger partial charge in [0.1, 0.15) is 0 Å². The third-order valence-electron chi connectivity index (χ3n) is 4.77. The number of aliphatic carboxylic acids is 1. The minimum Gasteiger partial charge on any atom is -0.481 e. The summed E-state index contributed by atoms with van der Waals surface area (Å²) >= 11 is 13.8. The van der Waals surface area contributed by atoms with E-state index in [1.54, 1.807) is 19.3 Å². The Balaban J connectivity index is 1.62. The summed E-state index contributed by atoms with van der Waals surface area (Å²) in [5.41, 5.74) is 2.61. The fourth-order valence-corrected chi connectivity index (χ4v) is 4.79. The second kappa shape index (κ2) is 11.7. The largest absolute Gasteiger partial charge is 0.481 e. The van der Waals surface area contributed by atoms with E-state index in [-0.39, 0.29) is 12.8 Å². The Kier molecular flexibility index (Phi) is 8.95. The zero-order valence-electron chi connectivity index (χ0n) is 17.5. The van der Waals surface area contributed by atoms with Crippen LogP contribution in [0.25, 0.3) is 0 Å². The first-order chi connectivity index (χ1) is 15.3. The third-order valence-corrected chi connectivity index (χ3v) is 6.29. The standard InChI is InChI=1S/C21H23Cl2N3O5S/c1-12(30-19(29)8-3-2-7-18(27)28)31-20-13-5-4-6-17(13)25-21(26-20)32-11-14-15(22)9-24-10-16(14)23/h9-10,12H,2-8,11H2,1H3,(H,27,28). The van der Waals surface area contributed by atoms with Crippen LogP contribution in [0, 0.1) is 0 Å². The number of nitrogens with zero attached hydrogens (tertiary/aromatic N) is 3. The molecule has 0 bridgehead atoms. The highest BCUT2D eigenvalue weighted by Gasteiger charge is 2.23. The number of ether oxygens (including phenoxy) is 2. The lowest BCUT2D eigenvalue weighted by molar-refractivity contribution is -0.162. The summed E-state index contributed by atoms with van der Waals surface area (Å²) < 4.78 is 11.2. The Morgan fingerprint density at radius 3 is 2.59 bits per heavy atom. The number of rotatable bonds is 11. The van der Waals surface area contributed by atoms with Crippen molar-refractivity contribution in [3.63, 3.8) is 0 Å². The van der Waals surface area contributed by atoms with Crippen molar-refractivity contribution in [1.29, 1.82) is 0 Å². The van der Waals surface area contributed by atoms with Gasteiger partial charge in [-0.25, -0.2) is 4.98 Å². The number of aromatic nitrogens is 3. The van der Waals surface area contributed by atoms with Crippen molar-refractivity contribution in [1.82, 2.24) is 15.0 Å². The Bertz CT molecular complexity index is 972. The maximum atomic E-state index is 12.0. The van der Waals surface area contributed by atoms with Crippen LogP contribution in [0.4, 0.5) is 0 Å². The van der Waals surface area contributed by atoms with Crippen LogP contribution in [0.15, 0.2) is 17.6 Å². The van der Waals surface area contributed by atoms with Gasteiger partial charge < -0.3 is 14.6 Å². The summed E-state index contributed by atoms with van der Waals surface area (Å²) in [5.74, 6) is -0.438. The van der Waals surface area contributed by atoms with Gasteiger partial charge in [0, 0.05) is 49.0 Å². The number of esters is 1. The number of carbonyl (C=O) groups is 2. The highest BCUT2D eigenvalue weighted by atomic mass is 35.5. The van der Waals surface area contributed by atoms with E-state index in [1.165, 1.54) is 11.8 Å². The molecule has 1 unspecified atom stereocenters. The predicted molar refractivity (Wildman–Crippen MR) is 120 cm³/mol. The molecule has 2 aromatic rings. The number of unbranched alkanes of at least 4 members (excludes halogenated alkanes) is 1. The summed E-state index contributed by atoms with van der Waals surface area (Å²) in [7, 11) is 0. The molecule has 0 aliphatic heterocycles. The number of hydrogen-bond donors (Lipinski definition) is 1. The molecule has 172 valence electrons. The van der Waals surface area contributed by atoms with E-state index >= 15 is 0 Å². The summed E-state index contributed by atoms with van der Waals surface area (Å²) in [6.45, 7) is 1.63. The first-order valence-corrected chi connectivity index (χ1v) is 12.0. The highest BCUT2D eigenvalue weighted by Crippen LogP contribution is 2.34. The summed E-state index contributed by atoms with van der Waals surface area (Å²) in [4.78, 5) is 35.7. The number of fused-ring (bicyclic) bond motifs is 1. The normalized spacial score (nSPS) is 13.5. The Morgan fingerprint density at radius 1 is 1.16 bits per heavy atom. The first kappa shape index (κ1) is 24.5. The van der Waals surface area contributed by atoms with Gasteiger partial charge in [0.05, 0.1) is 15.7 Å². The minimum atomic E-state index is -0.880. The summed E-state index contributed by atoms with van der Waals surface area (Å²) in [5, 5.41) is 10.1. The highest BCUT2D eigenvalue weighted by molar-refractivity contribution is 7.98. The molecular formula is C21H23Cl2N3O5S. The molecule has 2 heterocycles. The van der Waals surface area contributed by atoms with E-state index in [9.17, 15) is 9.59 Å². The van der Waals surface area contributed by atoms with Crippen molar-refractivity contribution in [2.45, 2.75) is 69.1 Å². The molecule has 0 spiro atoms. The Morgan fingerprint density at radius 2 is 1.88 bits per heavy atom. The fourth-order valence-electron chi connectivity index (χ4n) is 3.22. The third kappa shape index (κ3) is 6.95. The average molecular weight is 500 g/mol. The second-order valence-electron chi connectivity index (χ2n) is 7.24. The van der Waals surface area contributed by atoms with Gasteiger partial charge >= 0.3 is 11.9 Å². The molecule has 1 atom stereocenters. The molecule has 0 saturated heterocycles. The molecule has 0 aromatic carbocycles. The van der Waals surface area contributed by atoms with Crippen LogP contribution in [0.2, 0.25) is 10.0 Å². The number of carboxylic acid groups (broad SMARTS) is 1. The van der Waals surface area contributed by atoms with Gasteiger partial charge in [-0.15, -0.1) is 0 Å². The molecule has 32 heavy (non-hydrogen) atoms. The zero-order valence-corrected chi connectivity index (χ0v) is 19.8. The number of carboxylic acids is 1. The van der Waals surface area contributed by atoms with Gasteiger partial charge in [0.2, 0.25) is 12.2 Å². The second-order valence-corrected chi connectivity index (χ2v) is 8.99. The SMILES string of the molecule is CC(OC(=O)CCCCC(=O)O)Oc1nc(SCc2c(Cl)cncc2Cl)nc2c1CCC2. The van der Waals surface area contributed by atoms with Crippen LogP contribution in [-0.2, 0) is 32.9 Å². The molecule has 8 nitrogen and oxygen atoms in total. The van der Waals surface area contributed by atoms with E-state index in [2.05, 4.69) is 15.0 Å². The molecule has 0 amide bonds. The van der Waals surface area contributed by atoms with Crippen molar-refractivity contribution < 1.29 is 24.2 Å². The number of aryl methyl sites for hydroxylation is 1. The molecule has 0 fully saturated rings. The Labute approximate surface area is 200 Å². The zero-order chi connectivity index (χ0) is 23.1. The lowest BCUT2D eigenvalue weighted by atomic mass is 10.2. The predicted octanol–water partition coefficient (Wildman–Crippen LogP) is 4.87. The van der Waals surface area contributed by atoms with Gasteiger partial charge in [-0.2, -0.15) is 4.98 Å². The van der Waals surface area contributed by atoms with E-state index < -0.39 is 18.2 Å². The number of halogens is 2. The molecule has 2 aromatic heterocycles. The van der Waals surface area contributed by atoms with Crippen LogP contribution in [0.3, 0.4) is 0 Å². The molecule has 1 N–H and O–H groups in total. The Hall–Kier alpha value is -2.10. The van der Waals surface area contributed by atoms with Crippen LogP contribution in [0.1, 0.15) is 55.8 Å². The van der Waals surface area contributed by atoms with Crippen molar-refractivity contribution in [3.05, 3.63) is 39.3 Å². The fraction of sp³-hybridized carbons (Fsp3) is 0.476. The molecule has 0 radical (unpaired) electrons. The number of carbonyl (C=O) groups excluding carboxylic acids is 1. The number of thioether (sulfide) groups is 1. The molecule has 0 saturated carbocycles.